The van der Waals surface area contributed by atoms with Gasteiger partial charge in [0.2, 0.25) is 0 Å². The largest absolute Gasteiger partial charge is 0.479 e. The molecule has 0 aromatic heterocycles. The number of benzene rings is 1. The first-order chi connectivity index (χ1) is 6.52. The molecule has 0 bridgehead atoms. The van der Waals surface area contributed by atoms with Crippen molar-refractivity contribution >= 4 is 5.97 Å². The molecule has 1 unspecified atom stereocenters. The zero-order chi connectivity index (χ0) is 10.8. The van der Waals surface area contributed by atoms with E-state index in [-0.39, 0.29) is 5.56 Å². The molecule has 76 valence electrons. The third-order valence-electron chi connectivity index (χ3n) is 2.20. The van der Waals surface area contributed by atoms with Crippen LogP contribution >= 0.6 is 0 Å². The van der Waals surface area contributed by atoms with Crippen LogP contribution in [-0.4, -0.2) is 18.2 Å². The molecule has 0 radical (unpaired) electrons. The zero-order valence-corrected chi connectivity index (χ0v) is 7.95. The van der Waals surface area contributed by atoms with Crippen LogP contribution in [-0.2, 0) is 15.1 Å². The van der Waals surface area contributed by atoms with Crippen molar-refractivity contribution in [1.29, 1.82) is 0 Å². The van der Waals surface area contributed by atoms with E-state index >= 15 is 0 Å². The van der Waals surface area contributed by atoms with Crippen molar-refractivity contribution in [3.63, 3.8) is 0 Å². The average molecular weight is 198 g/mol. The fourth-order valence-electron chi connectivity index (χ4n) is 1.16. The Morgan fingerprint density at radius 2 is 2.07 bits per heavy atom. The van der Waals surface area contributed by atoms with E-state index in [9.17, 15) is 9.18 Å². The first kappa shape index (κ1) is 10.7. The molecule has 1 atom stereocenters. The Balaban J connectivity index is 3.26. The van der Waals surface area contributed by atoms with E-state index in [1.165, 1.54) is 32.2 Å². The number of rotatable bonds is 3. The van der Waals surface area contributed by atoms with Crippen LogP contribution in [0.25, 0.3) is 0 Å². The number of methoxy groups -OCH3 is 1. The van der Waals surface area contributed by atoms with Gasteiger partial charge in [0, 0.05) is 12.7 Å². The predicted octanol–water partition coefficient (Wildman–Crippen LogP) is 1.77. The highest BCUT2D eigenvalue weighted by atomic mass is 19.1. The molecule has 0 saturated heterocycles. The maximum atomic E-state index is 13.3. The summed E-state index contributed by atoms with van der Waals surface area (Å²) in [6, 6.07) is 5.66. The SMILES string of the molecule is COC(C)(C(=O)O)c1ccccc1F. The van der Waals surface area contributed by atoms with Gasteiger partial charge in [0.1, 0.15) is 5.82 Å². The summed E-state index contributed by atoms with van der Waals surface area (Å²) in [5, 5.41) is 8.92. The van der Waals surface area contributed by atoms with Gasteiger partial charge in [-0.3, -0.25) is 0 Å². The highest BCUT2D eigenvalue weighted by Crippen LogP contribution is 2.26. The predicted molar refractivity (Wildman–Crippen MR) is 48.4 cm³/mol. The second kappa shape index (κ2) is 3.75. The van der Waals surface area contributed by atoms with Crippen molar-refractivity contribution in [1.82, 2.24) is 0 Å². The molecule has 1 aromatic rings. The maximum absolute atomic E-state index is 13.3. The Hall–Kier alpha value is -1.42. The molecule has 0 spiro atoms. The van der Waals surface area contributed by atoms with Gasteiger partial charge in [-0.1, -0.05) is 18.2 Å². The smallest absolute Gasteiger partial charge is 0.340 e. The van der Waals surface area contributed by atoms with Gasteiger partial charge in [0.25, 0.3) is 0 Å². The Kier molecular flexibility index (Phi) is 2.86. The maximum Gasteiger partial charge on any atom is 0.340 e. The molecule has 0 amide bonds. The lowest BCUT2D eigenvalue weighted by atomic mass is 9.95. The Morgan fingerprint density at radius 1 is 1.50 bits per heavy atom. The lowest BCUT2D eigenvalue weighted by Crippen LogP contribution is -2.35. The molecule has 1 N–H and O–H groups in total. The molecule has 0 fully saturated rings. The molecule has 0 aliphatic rings. The number of carboxylic acid groups (broad SMARTS) is 1. The summed E-state index contributed by atoms with van der Waals surface area (Å²) in [6.07, 6.45) is 0. The average Bonchev–Trinajstić information content (AvgIpc) is 2.17. The van der Waals surface area contributed by atoms with Crippen molar-refractivity contribution in [2.24, 2.45) is 0 Å². The summed E-state index contributed by atoms with van der Waals surface area (Å²) in [6.45, 7) is 1.31. The number of ether oxygens (including phenoxy) is 1. The van der Waals surface area contributed by atoms with Gasteiger partial charge in [-0.15, -0.1) is 0 Å². The van der Waals surface area contributed by atoms with Crippen molar-refractivity contribution in [3.05, 3.63) is 35.6 Å². The number of aliphatic carboxylic acids is 1. The number of hydrogen-bond donors (Lipinski definition) is 1. The van der Waals surface area contributed by atoms with Gasteiger partial charge in [0.05, 0.1) is 0 Å². The molecule has 0 heterocycles. The molecule has 4 heteroatoms. The molecule has 0 aliphatic heterocycles. The minimum absolute atomic E-state index is 0.0231. The van der Waals surface area contributed by atoms with Crippen molar-refractivity contribution in [2.75, 3.05) is 7.11 Å². The summed E-state index contributed by atoms with van der Waals surface area (Å²) in [5.74, 6) is -1.80. The number of halogens is 1. The monoisotopic (exact) mass is 198 g/mol. The Labute approximate surface area is 81.1 Å². The van der Waals surface area contributed by atoms with Crippen LogP contribution in [0.4, 0.5) is 4.39 Å². The lowest BCUT2D eigenvalue weighted by molar-refractivity contribution is -0.161. The van der Waals surface area contributed by atoms with Crippen LogP contribution in [0.3, 0.4) is 0 Å². The highest BCUT2D eigenvalue weighted by Gasteiger charge is 2.37. The second-order valence-electron chi connectivity index (χ2n) is 3.02. The first-order valence-electron chi connectivity index (χ1n) is 4.06. The highest BCUT2D eigenvalue weighted by molar-refractivity contribution is 5.79. The fourth-order valence-corrected chi connectivity index (χ4v) is 1.16. The van der Waals surface area contributed by atoms with Crippen LogP contribution in [0, 0.1) is 5.82 Å². The van der Waals surface area contributed by atoms with E-state index in [1.54, 1.807) is 6.07 Å². The molecule has 0 saturated carbocycles. The van der Waals surface area contributed by atoms with Gasteiger partial charge < -0.3 is 9.84 Å². The van der Waals surface area contributed by atoms with E-state index in [4.69, 9.17) is 9.84 Å². The minimum atomic E-state index is -1.63. The van der Waals surface area contributed by atoms with Crippen LogP contribution < -0.4 is 0 Å². The van der Waals surface area contributed by atoms with Gasteiger partial charge in [-0.25, -0.2) is 9.18 Å². The molecular weight excluding hydrogens is 187 g/mol. The second-order valence-corrected chi connectivity index (χ2v) is 3.02. The number of hydrogen-bond acceptors (Lipinski definition) is 2. The molecule has 3 nitrogen and oxygen atoms in total. The third kappa shape index (κ3) is 1.61. The molecule has 0 aliphatic carbocycles. The molecule has 14 heavy (non-hydrogen) atoms. The van der Waals surface area contributed by atoms with Gasteiger partial charge in [0.15, 0.2) is 5.60 Å². The van der Waals surface area contributed by atoms with Gasteiger partial charge in [-0.05, 0) is 13.0 Å². The van der Waals surface area contributed by atoms with Crippen LogP contribution in [0.2, 0.25) is 0 Å². The summed E-state index contributed by atoms with van der Waals surface area (Å²) in [7, 11) is 1.24. The fraction of sp³-hybridized carbons (Fsp3) is 0.300. The topological polar surface area (TPSA) is 46.5 Å². The van der Waals surface area contributed by atoms with Gasteiger partial charge >= 0.3 is 5.97 Å². The molecule has 1 rings (SSSR count). The van der Waals surface area contributed by atoms with E-state index in [2.05, 4.69) is 0 Å². The van der Waals surface area contributed by atoms with E-state index in [0.717, 1.165) is 0 Å². The normalized spacial score (nSPS) is 14.8. The van der Waals surface area contributed by atoms with E-state index in [0.29, 0.717) is 0 Å². The summed E-state index contributed by atoms with van der Waals surface area (Å²) >= 11 is 0. The Bertz CT molecular complexity index is 351. The summed E-state index contributed by atoms with van der Waals surface area (Å²) < 4.78 is 18.1. The molecular formula is C10H11FO3. The van der Waals surface area contributed by atoms with Crippen molar-refractivity contribution in [3.8, 4) is 0 Å². The quantitative estimate of drug-likeness (QED) is 0.805. The van der Waals surface area contributed by atoms with Gasteiger partial charge in [-0.2, -0.15) is 0 Å². The van der Waals surface area contributed by atoms with Crippen molar-refractivity contribution in [2.45, 2.75) is 12.5 Å². The lowest BCUT2D eigenvalue weighted by Gasteiger charge is -2.23. The van der Waals surface area contributed by atoms with Crippen molar-refractivity contribution < 1.29 is 19.0 Å². The minimum Gasteiger partial charge on any atom is -0.479 e. The third-order valence-corrected chi connectivity index (χ3v) is 2.20. The van der Waals surface area contributed by atoms with Crippen LogP contribution in [0.5, 0.6) is 0 Å². The first-order valence-corrected chi connectivity index (χ1v) is 4.06. The summed E-state index contributed by atoms with van der Waals surface area (Å²) in [4.78, 5) is 10.9. The van der Waals surface area contributed by atoms with E-state index in [1.807, 2.05) is 0 Å². The zero-order valence-electron chi connectivity index (χ0n) is 7.95. The molecule has 1 aromatic carbocycles. The van der Waals surface area contributed by atoms with E-state index < -0.39 is 17.4 Å². The van der Waals surface area contributed by atoms with Crippen LogP contribution in [0.1, 0.15) is 12.5 Å². The Morgan fingerprint density at radius 3 is 2.50 bits per heavy atom. The van der Waals surface area contributed by atoms with Crippen LogP contribution in [0.15, 0.2) is 24.3 Å². The summed E-state index contributed by atoms with van der Waals surface area (Å²) in [5.41, 5.74) is -1.61. The number of carboxylic acids is 1. The standard InChI is InChI=1S/C10H11FO3/c1-10(14-2,9(12)13)7-5-3-4-6-8(7)11/h3-6H,1-2H3,(H,12,13). The number of carbonyl (C=O) groups is 1.